The standard InChI is InChI=1S/C19H29N3O4/c1-10-13(7-16(23)20-10)21-11(2)14(8-17(21)24)22-12(3)15(9-18(22)25)26-19(4,5)6/h9-14H,7-8H2,1-6H3,(H,20,23)/t10-,11-,12-,13-,14-/m0/s1. The number of nitrogens with zero attached hydrogens (tertiary/aromatic N) is 2. The summed E-state index contributed by atoms with van der Waals surface area (Å²) in [6.45, 7) is 11.7. The van der Waals surface area contributed by atoms with Crippen LogP contribution in [0.3, 0.4) is 0 Å². The van der Waals surface area contributed by atoms with Crippen molar-refractivity contribution in [1.29, 1.82) is 0 Å². The lowest BCUT2D eigenvalue weighted by molar-refractivity contribution is -0.131. The molecule has 0 saturated carbocycles. The van der Waals surface area contributed by atoms with Crippen LogP contribution < -0.4 is 5.32 Å². The highest BCUT2D eigenvalue weighted by Gasteiger charge is 2.50. The molecule has 3 amide bonds. The van der Waals surface area contributed by atoms with Gasteiger partial charge in [-0.15, -0.1) is 0 Å². The fourth-order valence-electron chi connectivity index (χ4n) is 4.36. The molecule has 3 aliphatic heterocycles. The third kappa shape index (κ3) is 3.19. The van der Waals surface area contributed by atoms with E-state index < -0.39 is 0 Å². The maximum atomic E-state index is 12.7. The highest BCUT2D eigenvalue weighted by Crippen LogP contribution is 2.35. The minimum absolute atomic E-state index is 0.000963. The van der Waals surface area contributed by atoms with Crippen molar-refractivity contribution in [3.8, 4) is 0 Å². The summed E-state index contributed by atoms with van der Waals surface area (Å²) in [6, 6.07) is -0.789. The lowest BCUT2D eigenvalue weighted by Gasteiger charge is -2.37. The number of rotatable bonds is 3. The topological polar surface area (TPSA) is 79.0 Å². The Bertz CT molecular complexity index is 666. The van der Waals surface area contributed by atoms with Gasteiger partial charge in [-0.2, -0.15) is 0 Å². The molecule has 3 aliphatic rings. The lowest BCUT2D eigenvalue weighted by Crippen LogP contribution is -2.52. The van der Waals surface area contributed by atoms with E-state index in [1.165, 1.54) is 0 Å². The van der Waals surface area contributed by atoms with Gasteiger partial charge in [0.25, 0.3) is 5.91 Å². The quantitative estimate of drug-likeness (QED) is 0.817. The van der Waals surface area contributed by atoms with Crippen molar-refractivity contribution in [1.82, 2.24) is 15.1 Å². The van der Waals surface area contributed by atoms with Gasteiger partial charge in [-0.1, -0.05) is 0 Å². The average Bonchev–Trinajstić information content (AvgIpc) is 3.05. The molecule has 0 aromatic heterocycles. The van der Waals surface area contributed by atoms with Gasteiger partial charge in [-0.3, -0.25) is 14.4 Å². The van der Waals surface area contributed by atoms with Crippen LogP contribution in [0.15, 0.2) is 11.8 Å². The lowest BCUT2D eigenvalue weighted by atomic mass is 10.0. The van der Waals surface area contributed by atoms with Crippen LogP contribution in [-0.2, 0) is 19.1 Å². The Labute approximate surface area is 154 Å². The molecule has 2 fully saturated rings. The van der Waals surface area contributed by atoms with Crippen molar-refractivity contribution in [2.24, 2.45) is 0 Å². The Balaban J connectivity index is 1.78. The first-order valence-corrected chi connectivity index (χ1v) is 9.33. The van der Waals surface area contributed by atoms with Gasteiger partial charge < -0.3 is 19.9 Å². The third-order valence-corrected chi connectivity index (χ3v) is 5.52. The molecule has 0 aromatic rings. The molecule has 26 heavy (non-hydrogen) atoms. The smallest absolute Gasteiger partial charge is 0.250 e. The molecule has 0 spiro atoms. The number of carbonyl (C=O) groups excluding carboxylic acids is 3. The van der Waals surface area contributed by atoms with E-state index in [2.05, 4.69) is 5.32 Å². The van der Waals surface area contributed by atoms with Crippen LogP contribution in [0, 0.1) is 0 Å². The summed E-state index contributed by atoms with van der Waals surface area (Å²) in [4.78, 5) is 40.6. The first-order valence-electron chi connectivity index (χ1n) is 9.33. The Morgan fingerprint density at radius 1 is 1.04 bits per heavy atom. The summed E-state index contributed by atoms with van der Waals surface area (Å²) >= 11 is 0. The normalized spacial score (nSPS) is 35.2. The van der Waals surface area contributed by atoms with Crippen LogP contribution in [0.1, 0.15) is 54.4 Å². The molecule has 7 heteroatoms. The molecule has 7 nitrogen and oxygen atoms in total. The summed E-state index contributed by atoms with van der Waals surface area (Å²) in [6.07, 6.45) is 2.15. The summed E-state index contributed by atoms with van der Waals surface area (Å²) < 4.78 is 5.94. The molecule has 2 saturated heterocycles. The molecule has 0 bridgehead atoms. The van der Waals surface area contributed by atoms with Crippen LogP contribution in [-0.4, -0.2) is 63.3 Å². The molecular weight excluding hydrogens is 334 g/mol. The van der Waals surface area contributed by atoms with Crippen molar-refractivity contribution in [2.45, 2.75) is 90.2 Å². The highest BCUT2D eigenvalue weighted by molar-refractivity contribution is 5.93. The average molecular weight is 363 g/mol. The van der Waals surface area contributed by atoms with Gasteiger partial charge in [-0.05, 0) is 41.5 Å². The molecule has 1 N–H and O–H groups in total. The molecule has 3 heterocycles. The van der Waals surface area contributed by atoms with Crippen LogP contribution >= 0.6 is 0 Å². The van der Waals surface area contributed by atoms with E-state index in [0.29, 0.717) is 12.2 Å². The van der Waals surface area contributed by atoms with E-state index >= 15 is 0 Å². The van der Waals surface area contributed by atoms with Gasteiger partial charge in [0.1, 0.15) is 11.4 Å². The summed E-state index contributed by atoms with van der Waals surface area (Å²) in [5.74, 6) is 0.503. The predicted octanol–water partition coefficient (Wildman–Crippen LogP) is 1.18. The van der Waals surface area contributed by atoms with E-state index in [-0.39, 0.29) is 60.0 Å². The van der Waals surface area contributed by atoms with Crippen molar-refractivity contribution >= 4 is 17.7 Å². The SMILES string of the molecule is C[C@@H]1NC(=O)C[C@@H]1N1C(=O)C[C@H](N2C(=O)C=C(OC(C)(C)C)[C@@H]2C)[C@@H]1C. The van der Waals surface area contributed by atoms with Gasteiger partial charge in [0.2, 0.25) is 11.8 Å². The number of carbonyl (C=O) groups is 3. The molecule has 0 aliphatic carbocycles. The van der Waals surface area contributed by atoms with E-state index in [1.807, 2.05) is 41.5 Å². The second-order valence-corrected chi connectivity index (χ2v) is 8.62. The monoisotopic (exact) mass is 363 g/mol. The van der Waals surface area contributed by atoms with Gasteiger partial charge in [0.05, 0.1) is 24.2 Å². The first kappa shape index (κ1) is 18.7. The van der Waals surface area contributed by atoms with Crippen molar-refractivity contribution < 1.29 is 19.1 Å². The molecule has 5 atom stereocenters. The Kier molecular flexibility index (Phi) is 4.53. The summed E-state index contributed by atoms with van der Waals surface area (Å²) in [5.41, 5.74) is -0.384. The largest absolute Gasteiger partial charge is 0.490 e. The highest BCUT2D eigenvalue weighted by atomic mass is 16.5. The number of hydrogen-bond donors (Lipinski definition) is 1. The zero-order valence-corrected chi connectivity index (χ0v) is 16.4. The Hall–Kier alpha value is -2.05. The van der Waals surface area contributed by atoms with Gasteiger partial charge in [0.15, 0.2) is 0 Å². The first-order chi connectivity index (χ1) is 12.0. The maximum Gasteiger partial charge on any atom is 0.250 e. The molecule has 144 valence electrons. The zero-order chi connectivity index (χ0) is 19.4. The fraction of sp³-hybridized carbons (Fsp3) is 0.737. The van der Waals surface area contributed by atoms with Crippen LogP contribution in [0.4, 0.5) is 0 Å². The van der Waals surface area contributed by atoms with E-state index in [1.54, 1.807) is 15.9 Å². The van der Waals surface area contributed by atoms with Crippen molar-refractivity contribution in [2.75, 3.05) is 0 Å². The zero-order valence-electron chi connectivity index (χ0n) is 16.4. The number of ether oxygens (including phenoxy) is 1. The van der Waals surface area contributed by atoms with E-state index in [4.69, 9.17) is 4.74 Å². The van der Waals surface area contributed by atoms with E-state index in [0.717, 1.165) is 0 Å². The van der Waals surface area contributed by atoms with Crippen LogP contribution in [0.5, 0.6) is 0 Å². The minimum atomic E-state index is -0.384. The van der Waals surface area contributed by atoms with E-state index in [9.17, 15) is 14.4 Å². The maximum absolute atomic E-state index is 12.7. The molecule has 0 aromatic carbocycles. The molecule has 0 unspecified atom stereocenters. The minimum Gasteiger partial charge on any atom is -0.490 e. The third-order valence-electron chi connectivity index (χ3n) is 5.52. The van der Waals surface area contributed by atoms with Gasteiger partial charge >= 0.3 is 0 Å². The van der Waals surface area contributed by atoms with Gasteiger partial charge in [0, 0.05) is 25.0 Å². The van der Waals surface area contributed by atoms with Crippen LogP contribution in [0.25, 0.3) is 0 Å². The number of likely N-dealkylation sites (tertiary alicyclic amines) is 1. The fourth-order valence-corrected chi connectivity index (χ4v) is 4.36. The summed E-state index contributed by atoms with van der Waals surface area (Å²) in [5, 5.41) is 2.88. The molecular formula is C19H29N3O4. The van der Waals surface area contributed by atoms with Crippen LogP contribution in [0.2, 0.25) is 0 Å². The Morgan fingerprint density at radius 2 is 1.69 bits per heavy atom. The summed E-state index contributed by atoms with van der Waals surface area (Å²) in [7, 11) is 0. The number of nitrogens with one attached hydrogen (secondary N) is 1. The number of hydrogen-bond acceptors (Lipinski definition) is 4. The predicted molar refractivity (Wildman–Crippen MR) is 96.0 cm³/mol. The molecule has 3 rings (SSSR count). The second kappa shape index (κ2) is 6.28. The van der Waals surface area contributed by atoms with Crippen molar-refractivity contribution in [3.05, 3.63) is 11.8 Å². The molecule has 0 radical (unpaired) electrons. The Morgan fingerprint density at radius 3 is 2.23 bits per heavy atom. The number of amides is 3. The van der Waals surface area contributed by atoms with Crippen molar-refractivity contribution in [3.63, 3.8) is 0 Å². The second-order valence-electron chi connectivity index (χ2n) is 8.62. The van der Waals surface area contributed by atoms with Gasteiger partial charge in [-0.25, -0.2) is 0 Å².